The van der Waals surface area contributed by atoms with Crippen molar-refractivity contribution < 1.29 is 9.84 Å². The quantitative estimate of drug-likeness (QED) is 0.760. The fourth-order valence-electron chi connectivity index (χ4n) is 2.02. The van der Waals surface area contributed by atoms with Gasteiger partial charge in [-0.05, 0) is 41.8 Å². The zero-order chi connectivity index (χ0) is 14.2. The van der Waals surface area contributed by atoms with Crippen LogP contribution >= 0.6 is 0 Å². The third-order valence-electron chi connectivity index (χ3n) is 3.28. The van der Waals surface area contributed by atoms with Crippen molar-refractivity contribution in [2.75, 3.05) is 13.7 Å². The molecule has 2 N–H and O–H groups in total. The highest BCUT2D eigenvalue weighted by Gasteiger charge is 1.96. The molecular formula is C17H21NO2. The molecule has 0 saturated carbocycles. The van der Waals surface area contributed by atoms with Gasteiger partial charge in [-0.2, -0.15) is 0 Å². The second-order valence-electron chi connectivity index (χ2n) is 4.75. The maximum Gasteiger partial charge on any atom is 0.118 e. The summed E-state index contributed by atoms with van der Waals surface area (Å²) in [4.78, 5) is 0. The Morgan fingerprint density at radius 3 is 2.10 bits per heavy atom. The summed E-state index contributed by atoms with van der Waals surface area (Å²) in [6.45, 7) is 1.90. The first-order chi connectivity index (χ1) is 9.81. The normalized spacial score (nSPS) is 10.5. The Morgan fingerprint density at radius 2 is 1.50 bits per heavy atom. The Balaban J connectivity index is 1.72. The van der Waals surface area contributed by atoms with Crippen molar-refractivity contribution in [2.45, 2.75) is 19.6 Å². The van der Waals surface area contributed by atoms with Gasteiger partial charge in [0.2, 0.25) is 0 Å². The Morgan fingerprint density at radius 1 is 0.900 bits per heavy atom. The van der Waals surface area contributed by atoms with Crippen LogP contribution in [0.4, 0.5) is 0 Å². The third kappa shape index (κ3) is 4.37. The van der Waals surface area contributed by atoms with Gasteiger partial charge in [-0.3, -0.25) is 0 Å². The molecule has 3 nitrogen and oxygen atoms in total. The molecule has 0 atom stereocenters. The summed E-state index contributed by atoms with van der Waals surface area (Å²) in [6.07, 6.45) is 0.988. The Kier molecular flexibility index (Phi) is 5.59. The summed E-state index contributed by atoms with van der Waals surface area (Å²) in [5.41, 5.74) is 3.49. The smallest absolute Gasteiger partial charge is 0.118 e. The lowest BCUT2D eigenvalue weighted by molar-refractivity contribution is 0.282. The van der Waals surface area contributed by atoms with Gasteiger partial charge >= 0.3 is 0 Å². The van der Waals surface area contributed by atoms with Crippen LogP contribution < -0.4 is 10.1 Å². The minimum absolute atomic E-state index is 0.107. The van der Waals surface area contributed by atoms with Crippen molar-refractivity contribution in [1.29, 1.82) is 0 Å². The van der Waals surface area contributed by atoms with E-state index in [2.05, 4.69) is 29.6 Å². The van der Waals surface area contributed by atoms with Gasteiger partial charge in [-0.25, -0.2) is 0 Å². The molecule has 3 heteroatoms. The topological polar surface area (TPSA) is 41.5 Å². The molecule has 2 aromatic carbocycles. The number of ether oxygens (including phenoxy) is 1. The molecular weight excluding hydrogens is 250 g/mol. The number of benzene rings is 2. The van der Waals surface area contributed by atoms with Gasteiger partial charge < -0.3 is 15.2 Å². The van der Waals surface area contributed by atoms with Crippen LogP contribution in [0.3, 0.4) is 0 Å². The van der Waals surface area contributed by atoms with Gasteiger partial charge in [0, 0.05) is 6.54 Å². The summed E-state index contributed by atoms with van der Waals surface area (Å²) in [5, 5.41) is 12.4. The van der Waals surface area contributed by atoms with E-state index in [-0.39, 0.29) is 6.61 Å². The number of aliphatic hydroxyl groups is 1. The Hall–Kier alpha value is -1.84. The number of methoxy groups -OCH3 is 1. The van der Waals surface area contributed by atoms with Gasteiger partial charge in [0.25, 0.3) is 0 Å². The van der Waals surface area contributed by atoms with Crippen molar-refractivity contribution in [3.63, 3.8) is 0 Å². The predicted molar refractivity (Wildman–Crippen MR) is 80.8 cm³/mol. The largest absolute Gasteiger partial charge is 0.497 e. The van der Waals surface area contributed by atoms with Gasteiger partial charge in [-0.1, -0.05) is 36.4 Å². The van der Waals surface area contributed by atoms with Gasteiger partial charge in [-0.15, -0.1) is 0 Å². The monoisotopic (exact) mass is 271 g/mol. The molecule has 0 unspecified atom stereocenters. The van der Waals surface area contributed by atoms with E-state index in [9.17, 15) is 0 Å². The van der Waals surface area contributed by atoms with E-state index in [1.165, 1.54) is 11.1 Å². The van der Waals surface area contributed by atoms with E-state index in [1.54, 1.807) is 7.11 Å². The maximum absolute atomic E-state index is 8.98. The summed E-state index contributed by atoms with van der Waals surface area (Å²) >= 11 is 0. The average Bonchev–Trinajstić information content (AvgIpc) is 2.53. The van der Waals surface area contributed by atoms with E-state index in [0.717, 1.165) is 30.8 Å². The average molecular weight is 271 g/mol. The summed E-state index contributed by atoms with van der Waals surface area (Å²) in [7, 11) is 1.68. The standard InChI is InChI=1S/C17H21NO2/c1-20-17-8-6-15(7-9-17)12-18-11-10-14-2-4-16(13-19)5-3-14/h2-9,18-19H,10-13H2,1H3. The molecule has 0 aliphatic carbocycles. The fraction of sp³-hybridized carbons (Fsp3) is 0.294. The van der Waals surface area contributed by atoms with Gasteiger partial charge in [0.1, 0.15) is 5.75 Å². The molecule has 0 fully saturated rings. The number of nitrogens with one attached hydrogen (secondary N) is 1. The van der Waals surface area contributed by atoms with Crippen molar-refractivity contribution in [3.05, 3.63) is 65.2 Å². The van der Waals surface area contributed by atoms with E-state index in [4.69, 9.17) is 9.84 Å². The van der Waals surface area contributed by atoms with E-state index >= 15 is 0 Å². The first-order valence-electron chi connectivity index (χ1n) is 6.84. The summed E-state index contributed by atoms with van der Waals surface area (Å²) < 4.78 is 5.13. The predicted octanol–water partition coefficient (Wildman–Crippen LogP) is 2.52. The summed E-state index contributed by atoms with van der Waals surface area (Å²) in [6, 6.07) is 16.2. The van der Waals surface area contributed by atoms with Crippen LogP contribution in [0.5, 0.6) is 5.75 Å². The lowest BCUT2D eigenvalue weighted by Gasteiger charge is -2.06. The van der Waals surface area contributed by atoms with E-state index < -0.39 is 0 Å². The van der Waals surface area contributed by atoms with Crippen molar-refractivity contribution in [3.8, 4) is 5.75 Å². The minimum Gasteiger partial charge on any atom is -0.497 e. The second kappa shape index (κ2) is 7.68. The zero-order valence-corrected chi connectivity index (χ0v) is 11.8. The number of aliphatic hydroxyl groups excluding tert-OH is 1. The highest BCUT2D eigenvalue weighted by atomic mass is 16.5. The molecule has 0 amide bonds. The maximum atomic E-state index is 8.98. The van der Waals surface area contributed by atoms with Crippen LogP contribution in [0, 0.1) is 0 Å². The van der Waals surface area contributed by atoms with Crippen LogP contribution in [-0.4, -0.2) is 18.8 Å². The molecule has 0 bridgehead atoms. The third-order valence-corrected chi connectivity index (χ3v) is 3.28. The lowest BCUT2D eigenvalue weighted by atomic mass is 10.1. The second-order valence-corrected chi connectivity index (χ2v) is 4.75. The van der Waals surface area contributed by atoms with Crippen LogP contribution in [0.25, 0.3) is 0 Å². The highest BCUT2D eigenvalue weighted by Crippen LogP contribution is 2.11. The van der Waals surface area contributed by atoms with Gasteiger partial charge in [0.05, 0.1) is 13.7 Å². The van der Waals surface area contributed by atoms with Gasteiger partial charge in [0.15, 0.2) is 0 Å². The molecule has 2 rings (SSSR count). The van der Waals surface area contributed by atoms with Crippen molar-refractivity contribution in [2.24, 2.45) is 0 Å². The molecule has 0 saturated heterocycles. The van der Waals surface area contributed by atoms with Crippen molar-refractivity contribution in [1.82, 2.24) is 5.32 Å². The molecule has 0 aliphatic rings. The molecule has 2 aromatic rings. The molecule has 0 heterocycles. The molecule has 106 valence electrons. The number of rotatable bonds is 7. The summed E-state index contributed by atoms with van der Waals surface area (Å²) in [5.74, 6) is 0.887. The van der Waals surface area contributed by atoms with Crippen LogP contribution in [-0.2, 0) is 19.6 Å². The van der Waals surface area contributed by atoms with Crippen molar-refractivity contribution >= 4 is 0 Å². The zero-order valence-electron chi connectivity index (χ0n) is 11.8. The molecule has 0 spiro atoms. The number of hydrogen-bond acceptors (Lipinski definition) is 3. The molecule has 0 radical (unpaired) electrons. The molecule has 0 aliphatic heterocycles. The van der Waals surface area contributed by atoms with Crippen LogP contribution in [0.15, 0.2) is 48.5 Å². The highest BCUT2D eigenvalue weighted by molar-refractivity contribution is 5.27. The molecule has 20 heavy (non-hydrogen) atoms. The SMILES string of the molecule is COc1ccc(CNCCc2ccc(CO)cc2)cc1. The first-order valence-corrected chi connectivity index (χ1v) is 6.84. The molecule has 0 aromatic heterocycles. The Bertz CT molecular complexity index is 456. The van der Waals surface area contributed by atoms with E-state index in [0.29, 0.717) is 0 Å². The Labute approximate surface area is 120 Å². The number of hydrogen-bond donors (Lipinski definition) is 2. The van der Waals surface area contributed by atoms with Crippen LogP contribution in [0.2, 0.25) is 0 Å². The van der Waals surface area contributed by atoms with Crippen LogP contribution in [0.1, 0.15) is 16.7 Å². The fourth-order valence-corrected chi connectivity index (χ4v) is 2.02. The van der Waals surface area contributed by atoms with E-state index in [1.807, 2.05) is 24.3 Å². The minimum atomic E-state index is 0.107. The first kappa shape index (κ1) is 14.6. The lowest BCUT2D eigenvalue weighted by Crippen LogP contribution is -2.16.